The summed E-state index contributed by atoms with van der Waals surface area (Å²) in [6.07, 6.45) is 6.44. The fraction of sp³-hybridized carbons (Fsp3) is 0.476. The van der Waals surface area contributed by atoms with Gasteiger partial charge >= 0.3 is 5.97 Å². The van der Waals surface area contributed by atoms with Crippen molar-refractivity contribution >= 4 is 11.9 Å². The van der Waals surface area contributed by atoms with Crippen LogP contribution in [0.15, 0.2) is 34.9 Å². The maximum Gasteiger partial charge on any atom is 0.307 e. The first-order chi connectivity index (χ1) is 13.5. The number of carbonyl (C=O) groups excluding carboxylic acids is 2. The number of hydrogen-bond donors (Lipinski definition) is 1. The maximum atomic E-state index is 13.0. The third-order valence-corrected chi connectivity index (χ3v) is 4.85. The lowest BCUT2D eigenvalue weighted by atomic mass is 9.95. The van der Waals surface area contributed by atoms with E-state index in [4.69, 9.17) is 9.15 Å². The van der Waals surface area contributed by atoms with E-state index in [1.54, 1.807) is 19.1 Å². The normalized spacial score (nSPS) is 15.8. The number of halogens is 1. The van der Waals surface area contributed by atoms with Gasteiger partial charge in [-0.1, -0.05) is 19.3 Å². The van der Waals surface area contributed by atoms with Gasteiger partial charge in [0.15, 0.2) is 17.8 Å². The second-order valence-corrected chi connectivity index (χ2v) is 7.10. The van der Waals surface area contributed by atoms with Gasteiger partial charge in [0.1, 0.15) is 5.82 Å². The highest BCUT2D eigenvalue weighted by Gasteiger charge is 2.22. The number of amides is 1. The number of nitrogens with one attached hydrogen (secondary N) is 1. The second-order valence-electron chi connectivity index (χ2n) is 7.10. The molecule has 1 N–H and O–H groups in total. The molecule has 1 aromatic heterocycles. The Morgan fingerprint density at radius 2 is 1.96 bits per heavy atom. The molecule has 6 nitrogen and oxygen atoms in total. The first-order valence-corrected chi connectivity index (χ1v) is 9.72. The maximum absolute atomic E-state index is 13.0. The summed E-state index contributed by atoms with van der Waals surface area (Å²) in [4.78, 5) is 28.3. The van der Waals surface area contributed by atoms with Crippen molar-refractivity contribution in [1.82, 2.24) is 10.3 Å². The SMILES string of the molecule is CC(OC(=O)CCc1ncc(-c2ccc(F)cc2)o1)C(=O)NC1CCCCC1. The first-order valence-electron chi connectivity index (χ1n) is 9.72. The van der Waals surface area contributed by atoms with Gasteiger partial charge in [0.25, 0.3) is 5.91 Å². The van der Waals surface area contributed by atoms with Crippen molar-refractivity contribution in [2.75, 3.05) is 0 Å². The van der Waals surface area contributed by atoms with E-state index in [0.717, 1.165) is 25.7 Å². The molecule has 0 spiro atoms. The van der Waals surface area contributed by atoms with Gasteiger partial charge in [-0.2, -0.15) is 0 Å². The predicted octanol–water partition coefficient (Wildman–Crippen LogP) is 3.79. The minimum atomic E-state index is -0.825. The zero-order chi connectivity index (χ0) is 19.9. The molecule has 1 heterocycles. The zero-order valence-corrected chi connectivity index (χ0v) is 15.9. The van der Waals surface area contributed by atoms with Gasteiger partial charge in [0, 0.05) is 18.0 Å². The van der Waals surface area contributed by atoms with Crippen LogP contribution in [0, 0.1) is 5.82 Å². The lowest BCUT2D eigenvalue weighted by molar-refractivity contribution is -0.155. The summed E-state index contributed by atoms with van der Waals surface area (Å²) in [5, 5.41) is 2.95. The molecular formula is C21H25FN2O4. The van der Waals surface area contributed by atoms with Crippen LogP contribution in [0.3, 0.4) is 0 Å². The third kappa shape index (κ3) is 5.65. The van der Waals surface area contributed by atoms with Crippen LogP contribution >= 0.6 is 0 Å². The van der Waals surface area contributed by atoms with E-state index in [1.807, 2.05) is 0 Å². The average Bonchev–Trinajstić information content (AvgIpc) is 3.17. The van der Waals surface area contributed by atoms with E-state index >= 15 is 0 Å². The Kier molecular flexibility index (Phi) is 6.79. The van der Waals surface area contributed by atoms with E-state index < -0.39 is 12.1 Å². The highest BCUT2D eigenvalue weighted by atomic mass is 19.1. The quantitative estimate of drug-likeness (QED) is 0.730. The lowest BCUT2D eigenvalue weighted by Gasteiger charge is -2.24. The molecule has 3 rings (SSSR count). The zero-order valence-electron chi connectivity index (χ0n) is 15.9. The number of ether oxygens (including phenoxy) is 1. The second kappa shape index (κ2) is 9.48. The van der Waals surface area contributed by atoms with Crippen molar-refractivity contribution in [3.63, 3.8) is 0 Å². The number of esters is 1. The largest absolute Gasteiger partial charge is 0.453 e. The van der Waals surface area contributed by atoms with Gasteiger partial charge in [0.05, 0.1) is 12.6 Å². The minimum Gasteiger partial charge on any atom is -0.453 e. The number of rotatable bonds is 7. The lowest BCUT2D eigenvalue weighted by Crippen LogP contribution is -2.42. The van der Waals surface area contributed by atoms with Crippen molar-refractivity contribution in [1.29, 1.82) is 0 Å². The molecule has 7 heteroatoms. The summed E-state index contributed by atoms with van der Waals surface area (Å²) in [5.74, 6) is -0.171. The van der Waals surface area contributed by atoms with Gasteiger partial charge in [-0.05, 0) is 44.0 Å². The molecule has 0 saturated heterocycles. The molecule has 1 fully saturated rings. The van der Waals surface area contributed by atoms with E-state index in [-0.39, 0.29) is 30.6 Å². The Bertz CT molecular complexity index is 797. The van der Waals surface area contributed by atoms with Crippen LogP contribution < -0.4 is 5.32 Å². The Balaban J connectivity index is 1.43. The Morgan fingerprint density at radius 1 is 1.25 bits per heavy atom. The molecule has 1 saturated carbocycles. The number of carbonyl (C=O) groups is 2. The molecule has 0 radical (unpaired) electrons. The fourth-order valence-electron chi connectivity index (χ4n) is 3.26. The van der Waals surface area contributed by atoms with E-state index in [2.05, 4.69) is 10.3 Å². The molecule has 0 aliphatic heterocycles. The molecule has 1 aliphatic carbocycles. The van der Waals surface area contributed by atoms with Crippen molar-refractivity contribution in [2.45, 2.75) is 64.0 Å². The molecule has 1 atom stereocenters. The number of aromatic nitrogens is 1. The van der Waals surface area contributed by atoms with Crippen LogP contribution in [-0.2, 0) is 20.7 Å². The van der Waals surface area contributed by atoms with Crippen LogP contribution in [0.5, 0.6) is 0 Å². The van der Waals surface area contributed by atoms with Gasteiger partial charge in [-0.15, -0.1) is 0 Å². The molecule has 1 aliphatic rings. The number of benzene rings is 1. The highest BCUT2D eigenvalue weighted by Crippen LogP contribution is 2.21. The summed E-state index contributed by atoms with van der Waals surface area (Å²) in [6, 6.07) is 6.06. The van der Waals surface area contributed by atoms with E-state index in [9.17, 15) is 14.0 Å². The van der Waals surface area contributed by atoms with Crippen LogP contribution in [0.25, 0.3) is 11.3 Å². The van der Waals surface area contributed by atoms with Crippen LogP contribution in [0.2, 0.25) is 0 Å². The Hall–Kier alpha value is -2.70. The van der Waals surface area contributed by atoms with Gasteiger partial charge in [0.2, 0.25) is 0 Å². The molecule has 1 amide bonds. The summed E-state index contributed by atoms with van der Waals surface area (Å²) in [7, 11) is 0. The van der Waals surface area contributed by atoms with Crippen molar-refractivity contribution in [3.8, 4) is 11.3 Å². The molecule has 0 bridgehead atoms. The average molecular weight is 388 g/mol. The summed E-state index contributed by atoms with van der Waals surface area (Å²) >= 11 is 0. The van der Waals surface area contributed by atoms with Crippen molar-refractivity contribution in [2.24, 2.45) is 0 Å². The number of nitrogens with zero attached hydrogens (tertiary/aromatic N) is 1. The van der Waals surface area contributed by atoms with E-state index in [0.29, 0.717) is 17.2 Å². The Morgan fingerprint density at radius 3 is 2.68 bits per heavy atom. The van der Waals surface area contributed by atoms with Gasteiger partial charge in [-0.25, -0.2) is 9.37 Å². The molecular weight excluding hydrogens is 363 g/mol. The fourth-order valence-corrected chi connectivity index (χ4v) is 3.26. The van der Waals surface area contributed by atoms with Crippen molar-refractivity contribution in [3.05, 3.63) is 42.2 Å². The predicted molar refractivity (Wildman–Crippen MR) is 101 cm³/mol. The van der Waals surface area contributed by atoms with E-state index in [1.165, 1.54) is 24.8 Å². The smallest absolute Gasteiger partial charge is 0.307 e. The first kappa shape index (κ1) is 20.0. The van der Waals surface area contributed by atoms with Crippen LogP contribution in [0.4, 0.5) is 4.39 Å². The highest BCUT2D eigenvalue weighted by molar-refractivity contribution is 5.83. The number of oxazole rings is 1. The van der Waals surface area contributed by atoms with Crippen LogP contribution in [-0.4, -0.2) is 29.0 Å². The number of aryl methyl sites for hydroxylation is 1. The molecule has 1 unspecified atom stereocenters. The minimum absolute atomic E-state index is 0.0599. The molecule has 1 aromatic carbocycles. The monoisotopic (exact) mass is 388 g/mol. The van der Waals surface area contributed by atoms with Gasteiger partial charge in [-0.3, -0.25) is 9.59 Å². The topological polar surface area (TPSA) is 81.4 Å². The summed E-state index contributed by atoms with van der Waals surface area (Å²) in [5.41, 5.74) is 0.704. The standard InChI is InChI=1S/C21H25FN2O4/c1-14(21(26)24-17-5-3-2-4-6-17)27-20(25)12-11-19-23-13-18(28-19)15-7-9-16(22)10-8-15/h7-10,13-14,17H,2-6,11-12H2,1H3,(H,24,26). The Labute approximate surface area is 163 Å². The molecule has 2 aromatic rings. The van der Waals surface area contributed by atoms with Crippen molar-refractivity contribution < 1.29 is 23.1 Å². The van der Waals surface area contributed by atoms with Crippen LogP contribution in [0.1, 0.15) is 51.3 Å². The number of hydrogen-bond acceptors (Lipinski definition) is 5. The summed E-state index contributed by atoms with van der Waals surface area (Å²) in [6.45, 7) is 1.58. The molecule has 28 heavy (non-hydrogen) atoms. The van der Waals surface area contributed by atoms with Gasteiger partial charge < -0.3 is 14.5 Å². The molecule has 150 valence electrons. The third-order valence-electron chi connectivity index (χ3n) is 4.85. The summed E-state index contributed by atoms with van der Waals surface area (Å²) < 4.78 is 23.8.